The summed E-state index contributed by atoms with van der Waals surface area (Å²) in [6, 6.07) is 1.97. The van der Waals surface area contributed by atoms with Crippen LogP contribution in [0.1, 0.15) is 32.4 Å². The fourth-order valence-electron chi connectivity index (χ4n) is 2.24. The monoisotopic (exact) mass is 209 g/mol. The molecule has 3 N–H and O–H groups in total. The molecule has 15 heavy (non-hydrogen) atoms. The van der Waals surface area contributed by atoms with Crippen LogP contribution in [0.2, 0.25) is 0 Å². The second-order valence-corrected chi connectivity index (χ2v) is 5.01. The van der Waals surface area contributed by atoms with Crippen LogP contribution in [-0.4, -0.2) is 21.0 Å². The average molecular weight is 209 g/mol. The van der Waals surface area contributed by atoms with Crippen molar-refractivity contribution in [2.75, 3.05) is 0 Å². The minimum Gasteiger partial charge on any atom is -0.393 e. The zero-order chi connectivity index (χ0) is 11.1. The minimum atomic E-state index is -0.356. The third-order valence-corrected chi connectivity index (χ3v) is 2.96. The second kappa shape index (κ2) is 3.61. The van der Waals surface area contributed by atoms with Gasteiger partial charge in [-0.2, -0.15) is 5.10 Å². The molecule has 4 heteroatoms. The Morgan fingerprint density at radius 2 is 2.33 bits per heavy atom. The zero-order valence-electron chi connectivity index (χ0n) is 9.35. The number of hydrogen-bond acceptors (Lipinski definition) is 3. The molecule has 0 unspecified atom stereocenters. The predicted molar refractivity (Wildman–Crippen MR) is 58.2 cm³/mol. The number of nitrogens with two attached hydrogens (primary N) is 1. The SMILES string of the molecule is CC(C)Cn1nccc1C1(N)CC(O)C1. The molecule has 4 nitrogen and oxygen atoms in total. The molecule has 1 aromatic heterocycles. The van der Waals surface area contributed by atoms with Crippen molar-refractivity contribution in [1.29, 1.82) is 0 Å². The van der Waals surface area contributed by atoms with Gasteiger partial charge >= 0.3 is 0 Å². The first-order chi connectivity index (χ1) is 7.01. The van der Waals surface area contributed by atoms with Crippen LogP contribution >= 0.6 is 0 Å². The second-order valence-electron chi connectivity index (χ2n) is 5.01. The molecule has 0 aliphatic heterocycles. The molecule has 0 saturated heterocycles. The lowest BCUT2D eigenvalue weighted by Crippen LogP contribution is -2.52. The van der Waals surface area contributed by atoms with Crippen LogP contribution in [0.25, 0.3) is 0 Å². The van der Waals surface area contributed by atoms with Crippen molar-refractivity contribution in [3.05, 3.63) is 18.0 Å². The summed E-state index contributed by atoms with van der Waals surface area (Å²) in [5.41, 5.74) is 6.92. The molecular weight excluding hydrogens is 190 g/mol. The third-order valence-electron chi connectivity index (χ3n) is 2.96. The van der Waals surface area contributed by atoms with E-state index in [1.807, 2.05) is 10.7 Å². The van der Waals surface area contributed by atoms with Crippen LogP contribution in [0.5, 0.6) is 0 Å². The van der Waals surface area contributed by atoms with Gasteiger partial charge in [0.05, 0.1) is 17.3 Å². The Hall–Kier alpha value is -0.870. The lowest BCUT2D eigenvalue weighted by Gasteiger charge is -2.42. The van der Waals surface area contributed by atoms with Crippen LogP contribution in [0, 0.1) is 5.92 Å². The van der Waals surface area contributed by atoms with Crippen molar-refractivity contribution >= 4 is 0 Å². The van der Waals surface area contributed by atoms with E-state index in [4.69, 9.17) is 5.73 Å². The Bertz CT molecular complexity index is 339. The summed E-state index contributed by atoms with van der Waals surface area (Å²) in [6.45, 7) is 5.20. The van der Waals surface area contributed by atoms with Gasteiger partial charge in [0.1, 0.15) is 0 Å². The summed E-state index contributed by atoms with van der Waals surface area (Å²) in [7, 11) is 0. The number of nitrogens with zero attached hydrogens (tertiary/aromatic N) is 2. The van der Waals surface area contributed by atoms with E-state index in [2.05, 4.69) is 18.9 Å². The standard InChI is InChI=1S/C11H19N3O/c1-8(2)7-14-10(3-4-13-14)11(12)5-9(15)6-11/h3-4,8-9,15H,5-7,12H2,1-2H3. The molecule has 0 spiro atoms. The molecule has 0 aromatic carbocycles. The summed E-state index contributed by atoms with van der Waals surface area (Å²) in [4.78, 5) is 0. The highest BCUT2D eigenvalue weighted by molar-refractivity contribution is 5.19. The van der Waals surface area contributed by atoms with E-state index >= 15 is 0 Å². The largest absolute Gasteiger partial charge is 0.393 e. The summed E-state index contributed by atoms with van der Waals surface area (Å²) < 4.78 is 1.97. The van der Waals surface area contributed by atoms with E-state index in [0.717, 1.165) is 12.2 Å². The number of rotatable bonds is 3. The molecule has 0 amide bonds. The van der Waals surface area contributed by atoms with Crippen molar-refractivity contribution in [2.45, 2.75) is 44.9 Å². The van der Waals surface area contributed by atoms with Crippen LogP contribution in [0.3, 0.4) is 0 Å². The first-order valence-corrected chi connectivity index (χ1v) is 5.50. The van der Waals surface area contributed by atoms with E-state index in [1.165, 1.54) is 0 Å². The molecule has 84 valence electrons. The van der Waals surface area contributed by atoms with Gasteiger partial charge in [0, 0.05) is 12.7 Å². The number of aliphatic hydroxyl groups is 1. The number of aliphatic hydroxyl groups excluding tert-OH is 1. The zero-order valence-corrected chi connectivity index (χ0v) is 9.35. The Labute approximate surface area is 90.1 Å². The van der Waals surface area contributed by atoms with Crippen molar-refractivity contribution in [3.8, 4) is 0 Å². The Morgan fingerprint density at radius 1 is 1.67 bits per heavy atom. The van der Waals surface area contributed by atoms with Gasteiger partial charge in [-0.1, -0.05) is 13.8 Å². The first-order valence-electron chi connectivity index (χ1n) is 5.50. The molecule has 0 bridgehead atoms. The molecule has 1 aliphatic rings. The lowest BCUT2D eigenvalue weighted by atomic mass is 9.73. The highest BCUT2D eigenvalue weighted by Gasteiger charge is 2.43. The topological polar surface area (TPSA) is 64.1 Å². The molecule has 2 rings (SSSR count). The highest BCUT2D eigenvalue weighted by atomic mass is 16.3. The molecule has 1 saturated carbocycles. The molecule has 0 atom stereocenters. The highest BCUT2D eigenvalue weighted by Crippen LogP contribution is 2.38. The van der Waals surface area contributed by atoms with Crippen molar-refractivity contribution in [1.82, 2.24) is 9.78 Å². The van der Waals surface area contributed by atoms with Gasteiger partial charge in [0.2, 0.25) is 0 Å². The van der Waals surface area contributed by atoms with Crippen LogP contribution in [0.15, 0.2) is 12.3 Å². The Morgan fingerprint density at radius 3 is 2.87 bits per heavy atom. The summed E-state index contributed by atoms with van der Waals surface area (Å²) >= 11 is 0. The van der Waals surface area contributed by atoms with Crippen LogP contribution in [0.4, 0.5) is 0 Å². The molecule has 1 heterocycles. The van der Waals surface area contributed by atoms with Gasteiger partial charge < -0.3 is 10.8 Å². The van der Waals surface area contributed by atoms with Gasteiger partial charge in [-0.25, -0.2) is 0 Å². The van der Waals surface area contributed by atoms with Gasteiger partial charge in [-0.15, -0.1) is 0 Å². The first kappa shape index (κ1) is 10.6. The molecule has 1 aromatic rings. The Kier molecular flexibility index (Phi) is 2.56. The summed E-state index contributed by atoms with van der Waals surface area (Å²) in [5.74, 6) is 0.553. The maximum atomic E-state index is 9.35. The average Bonchev–Trinajstić information content (AvgIpc) is 2.48. The van der Waals surface area contributed by atoms with Crippen molar-refractivity contribution in [2.24, 2.45) is 11.7 Å². The Balaban J connectivity index is 2.18. The van der Waals surface area contributed by atoms with E-state index in [-0.39, 0.29) is 11.6 Å². The van der Waals surface area contributed by atoms with Crippen molar-refractivity contribution < 1.29 is 5.11 Å². The van der Waals surface area contributed by atoms with Crippen LogP contribution in [-0.2, 0) is 12.1 Å². The normalized spacial score (nSPS) is 30.6. The van der Waals surface area contributed by atoms with E-state index in [1.54, 1.807) is 6.20 Å². The van der Waals surface area contributed by atoms with Crippen LogP contribution < -0.4 is 5.73 Å². The van der Waals surface area contributed by atoms with Gasteiger partial charge in [-0.05, 0) is 24.8 Å². The quantitative estimate of drug-likeness (QED) is 0.775. The van der Waals surface area contributed by atoms with Gasteiger partial charge in [0.25, 0.3) is 0 Å². The maximum absolute atomic E-state index is 9.35. The minimum absolute atomic E-state index is 0.239. The lowest BCUT2D eigenvalue weighted by molar-refractivity contribution is 0.0162. The molecular formula is C11H19N3O. The smallest absolute Gasteiger partial charge is 0.0630 e. The fourth-order valence-corrected chi connectivity index (χ4v) is 2.24. The molecule has 0 radical (unpaired) electrons. The maximum Gasteiger partial charge on any atom is 0.0630 e. The summed E-state index contributed by atoms with van der Waals surface area (Å²) in [5, 5.41) is 13.6. The van der Waals surface area contributed by atoms with Gasteiger partial charge in [0.15, 0.2) is 0 Å². The molecule has 1 fully saturated rings. The summed E-state index contributed by atoms with van der Waals surface area (Å²) in [6.07, 6.45) is 2.85. The van der Waals surface area contributed by atoms with Crippen molar-refractivity contribution in [3.63, 3.8) is 0 Å². The van der Waals surface area contributed by atoms with Gasteiger partial charge in [-0.3, -0.25) is 4.68 Å². The van der Waals surface area contributed by atoms with E-state index in [9.17, 15) is 5.11 Å². The third kappa shape index (κ3) is 1.92. The fraction of sp³-hybridized carbons (Fsp3) is 0.727. The number of hydrogen-bond donors (Lipinski definition) is 2. The number of aromatic nitrogens is 2. The molecule has 1 aliphatic carbocycles. The van der Waals surface area contributed by atoms with E-state index in [0.29, 0.717) is 18.8 Å². The predicted octanol–water partition coefficient (Wildman–Crippen LogP) is 0.848. The van der Waals surface area contributed by atoms with E-state index < -0.39 is 0 Å².